The van der Waals surface area contributed by atoms with E-state index in [1.165, 1.54) is 27.7 Å². The van der Waals surface area contributed by atoms with E-state index < -0.39 is 4.92 Å². The van der Waals surface area contributed by atoms with Gasteiger partial charge in [-0.15, -0.1) is 0 Å². The predicted octanol–water partition coefficient (Wildman–Crippen LogP) is 5.01. The van der Waals surface area contributed by atoms with E-state index in [9.17, 15) is 10.1 Å². The van der Waals surface area contributed by atoms with Crippen LogP contribution in [0.2, 0.25) is 0 Å². The van der Waals surface area contributed by atoms with Crippen molar-refractivity contribution in [2.45, 2.75) is 30.2 Å². The molecule has 1 heterocycles. The first-order chi connectivity index (χ1) is 12.9. The van der Waals surface area contributed by atoms with Gasteiger partial charge in [-0.1, -0.05) is 24.6 Å². The summed E-state index contributed by atoms with van der Waals surface area (Å²) >= 11 is 0. The van der Waals surface area contributed by atoms with Crippen LogP contribution >= 0.6 is 21.6 Å². The molecule has 0 aliphatic carbocycles. The molecule has 0 bridgehead atoms. The van der Waals surface area contributed by atoms with Gasteiger partial charge < -0.3 is 14.2 Å². The number of hydrogen-bond acceptors (Lipinski definition) is 8. The largest absolute Gasteiger partial charge is 0.493 e. The zero-order valence-electron chi connectivity index (χ0n) is 15.8. The number of hydrogen-bond donors (Lipinski definition) is 0. The SMILES string of the molecule is COc1cc(SSc2ncccc2[N+](=O)[O-])c(CC(C)C)c(OC)c1OC. The van der Waals surface area contributed by atoms with Gasteiger partial charge in [0.15, 0.2) is 16.5 Å². The molecule has 0 unspecified atom stereocenters. The number of rotatable bonds is 9. The van der Waals surface area contributed by atoms with E-state index in [4.69, 9.17) is 14.2 Å². The summed E-state index contributed by atoms with van der Waals surface area (Å²) in [6.45, 7) is 4.22. The molecule has 0 saturated carbocycles. The molecule has 0 saturated heterocycles. The molecule has 0 spiro atoms. The fourth-order valence-electron chi connectivity index (χ4n) is 2.54. The highest BCUT2D eigenvalue weighted by Gasteiger charge is 2.23. The van der Waals surface area contributed by atoms with Crippen LogP contribution in [0.5, 0.6) is 17.2 Å². The van der Waals surface area contributed by atoms with Crippen LogP contribution in [0.1, 0.15) is 19.4 Å². The van der Waals surface area contributed by atoms with E-state index in [0.717, 1.165) is 16.9 Å². The van der Waals surface area contributed by atoms with Gasteiger partial charge in [0.2, 0.25) is 5.75 Å². The lowest BCUT2D eigenvalue weighted by Crippen LogP contribution is -2.03. The monoisotopic (exact) mass is 410 g/mol. The molecular weight excluding hydrogens is 388 g/mol. The topological polar surface area (TPSA) is 83.7 Å². The van der Waals surface area contributed by atoms with Gasteiger partial charge in [-0.2, -0.15) is 0 Å². The summed E-state index contributed by atoms with van der Waals surface area (Å²) < 4.78 is 16.5. The van der Waals surface area contributed by atoms with Crippen molar-refractivity contribution in [3.8, 4) is 17.2 Å². The average molecular weight is 411 g/mol. The van der Waals surface area contributed by atoms with Crippen molar-refractivity contribution in [2.24, 2.45) is 5.92 Å². The number of benzene rings is 1. The molecule has 0 radical (unpaired) electrons. The quantitative estimate of drug-likeness (QED) is 0.324. The van der Waals surface area contributed by atoms with E-state index in [2.05, 4.69) is 18.8 Å². The predicted molar refractivity (Wildman–Crippen MR) is 107 cm³/mol. The fourth-order valence-corrected chi connectivity index (χ4v) is 4.81. The number of pyridine rings is 1. The van der Waals surface area contributed by atoms with Crippen LogP contribution in [-0.4, -0.2) is 31.2 Å². The third-order valence-corrected chi connectivity index (χ3v) is 6.02. The summed E-state index contributed by atoms with van der Waals surface area (Å²) in [5.74, 6) is 2.07. The molecule has 1 aromatic carbocycles. The highest BCUT2D eigenvalue weighted by atomic mass is 33.1. The Labute approximate surface area is 166 Å². The van der Waals surface area contributed by atoms with E-state index >= 15 is 0 Å². The second kappa shape index (κ2) is 9.70. The van der Waals surface area contributed by atoms with Crippen molar-refractivity contribution in [3.63, 3.8) is 0 Å². The van der Waals surface area contributed by atoms with E-state index in [-0.39, 0.29) is 5.69 Å². The van der Waals surface area contributed by atoms with Crippen molar-refractivity contribution in [1.29, 1.82) is 0 Å². The first kappa shape index (κ1) is 21.2. The summed E-state index contributed by atoms with van der Waals surface area (Å²) in [6.07, 6.45) is 2.30. The summed E-state index contributed by atoms with van der Waals surface area (Å²) in [5.41, 5.74) is 0.953. The third-order valence-electron chi connectivity index (χ3n) is 3.66. The Kier molecular flexibility index (Phi) is 7.61. The molecular formula is C18H22N2O5S2. The van der Waals surface area contributed by atoms with Crippen LogP contribution < -0.4 is 14.2 Å². The lowest BCUT2D eigenvalue weighted by Gasteiger charge is -2.20. The number of ether oxygens (including phenoxy) is 3. The van der Waals surface area contributed by atoms with Crippen molar-refractivity contribution >= 4 is 27.3 Å². The number of methoxy groups -OCH3 is 3. The standard InChI is InChI=1S/C18H22N2O5S2/c1-11(2)9-12-15(10-14(23-3)17(25-5)16(12)24-4)26-27-18-13(20(21)22)7-6-8-19-18/h6-8,10-11H,9H2,1-5H3. The summed E-state index contributed by atoms with van der Waals surface area (Å²) in [7, 11) is 7.34. The Hall–Kier alpha value is -2.13. The van der Waals surface area contributed by atoms with Crippen molar-refractivity contribution in [1.82, 2.24) is 4.98 Å². The smallest absolute Gasteiger partial charge is 0.302 e. The Morgan fingerprint density at radius 1 is 1.15 bits per heavy atom. The molecule has 0 N–H and O–H groups in total. The fraction of sp³-hybridized carbons (Fsp3) is 0.389. The van der Waals surface area contributed by atoms with Crippen LogP contribution in [0.25, 0.3) is 0 Å². The van der Waals surface area contributed by atoms with E-state index in [1.807, 2.05) is 6.07 Å². The van der Waals surface area contributed by atoms with Crippen molar-refractivity contribution in [3.05, 3.63) is 40.1 Å². The molecule has 7 nitrogen and oxygen atoms in total. The maximum Gasteiger partial charge on any atom is 0.302 e. The van der Waals surface area contributed by atoms with E-state index in [0.29, 0.717) is 28.2 Å². The molecule has 9 heteroatoms. The molecule has 0 atom stereocenters. The minimum absolute atomic E-state index is 0.0205. The van der Waals surface area contributed by atoms with Gasteiger partial charge in [0.25, 0.3) is 0 Å². The Bertz CT molecular complexity index is 815. The van der Waals surface area contributed by atoms with Gasteiger partial charge in [-0.3, -0.25) is 10.1 Å². The number of aromatic nitrogens is 1. The van der Waals surface area contributed by atoms with Crippen LogP contribution in [0, 0.1) is 16.0 Å². The van der Waals surface area contributed by atoms with Crippen LogP contribution in [-0.2, 0) is 6.42 Å². The van der Waals surface area contributed by atoms with Gasteiger partial charge >= 0.3 is 5.69 Å². The zero-order chi connectivity index (χ0) is 20.0. The summed E-state index contributed by atoms with van der Waals surface area (Å²) in [6, 6.07) is 4.86. The van der Waals surface area contributed by atoms with Gasteiger partial charge in [0.1, 0.15) is 0 Å². The summed E-state index contributed by atoms with van der Waals surface area (Å²) in [5, 5.41) is 11.6. The highest BCUT2D eigenvalue weighted by molar-refractivity contribution is 8.76. The number of nitro groups is 1. The lowest BCUT2D eigenvalue weighted by molar-refractivity contribution is -0.388. The van der Waals surface area contributed by atoms with Gasteiger partial charge in [0, 0.05) is 22.7 Å². The molecule has 0 fully saturated rings. The highest BCUT2D eigenvalue weighted by Crippen LogP contribution is 2.50. The number of nitrogens with zero attached hydrogens (tertiary/aromatic N) is 2. The van der Waals surface area contributed by atoms with Crippen molar-refractivity contribution < 1.29 is 19.1 Å². The first-order valence-electron chi connectivity index (χ1n) is 8.18. The van der Waals surface area contributed by atoms with Gasteiger partial charge in [-0.05, 0) is 35.3 Å². The maximum atomic E-state index is 11.2. The molecule has 27 heavy (non-hydrogen) atoms. The van der Waals surface area contributed by atoms with Crippen LogP contribution in [0.4, 0.5) is 5.69 Å². The Balaban J connectivity index is 2.47. The average Bonchev–Trinajstić information content (AvgIpc) is 2.65. The minimum atomic E-state index is -0.430. The maximum absolute atomic E-state index is 11.2. The van der Waals surface area contributed by atoms with Crippen LogP contribution in [0.3, 0.4) is 0 Å². The normalized spacial score (nSPS) is 10.7. The third kappa shape index (κ3) is 4.98. The molecule has 2 rings (SSSR count). The molecule has 0 amide bonds. The summed E-state index contributed by atoms with van der Waals surface area (Å²) in [4.78, 5) is 15.8. The lowest BCUT2D eigenvalue weighted by atomic mass is 10.0. The molecule has 1 aromatic heterocycles. The van der Waals surface area contributed by atoms with E-state index in [1.54, 1.807) is 33.6 Å². The molecule has 0 aliphatic rings. The van der Waals surface area contributed by atoms with Crippen LogP contribution in [0.15, 0.2) is 34.3 Å². The molecule has 0 aliphatic heterocycles. The van der Waals surface area contributed by atoms with Gasteiger partial charge in [-0.25, -0.2) is 4.98 Å². The molecule has 2 aromatic rings. The minimum Gasteiger partial charge on any atom is -0.493 e. The zero-order valence-corrected chi connectivity index (χ0v) is 17.5. The second-order valence-electron chi connectivity index (χ2n) is 5.97. The second-order valence-corrected chi connectivity index (χ2v) is 8.13. The van der Waals surface area contributed by atoms with Crippen molar-refractivity contribution in [2.75, 3.05) is 21.3 Å². The Morgan fingerprint density at radius 3 is 2.41 bits per heavy atom. The van der Waals surface area contributed by atoms with Gasteiger partial charge in [0.05, 0.1) is 26.3 Å². The molecule has 146 valence electrons. The first-order valence-corrected chi connectivity index (χ1v) is 10.3. The Morgan fingerprint density at radius 2 is 1.85 bits per heavy atom.